The molecule has 1 N–H and O–H groups in total. The Morgan fingerprint density at radius 3 is 2.79 bits per heavy atom. The van der Waals surface area contributed by atoms with Gasteiger partial charge >= 0.3 is 0 Å². The van der Waals surface area contributed by atoms with Gasteiger partial charge in [0.25, 0.3) is 5.91 Å². The van der Waals surface area contributed by atoms with Gasteiger partial charge in [0.05, 0.1) is 36.8 Å². The summed E-state index contributed by atoms with van der Waals surface area (Å²) in [6.07, 6.45) is 4.87. The van der Waals surface area contributed by atoms with Crippen LogP contribution in [0.4, 0.5) is 0 Å². The molecule has 1 atom stereocenters. The Kier molecular flexibility index (Phi) is 5.38. The molecule has 0 fully saturated rings. The van der Waals surface area contributed by atoms with Crippen LogP contribution in [-0.2, 0) is 19.5 Å². The summed E-state index contributed by atoms with van der Waals surface area (Å²) in [6, 6.07) is 5.99. The van der Waals surface area contributed by atoms with E-state index in [1.165, 1.54) is 0 Å². The predicted octanol–water partition coefficient (Wildman–Crippen LogP) is 4.54. The zero-order valence-corrected chi connectivity index (χ0v) is 20.1. The molecule has 33 heavy (non-hydrogen) atoms. The Labute approximate surface area is 198 Å². The molecule has 2 bridgehead atoms. The van der Waals surface area contributed by atoms with Crippen molar-refractivity contribution < 1.29 is 9.90 Å². The molecule has 1 aliphatic carbocycles. The van der Waals surface area contributed by atoms with Crippen LogP contribution in [-0.4, -0.2) is 44.3 Å². The first-order chi connectivity index (χ1) is 15.8. The molecular formula is C26H27ClN4O2. The van der Waals surface area contributed by atoms with Crippen molar-refractivity contribution in [1.29, 1.82) is 0 Å². The molecule has 0 saturated carbocycles. The summed E-state index contributed by atoms with van der Waals surface area (Å²) in [5.74, 6) is -0.138. The zero-order chi connectivity index (χ0) is 23.4. The van der Waals surface area contributed by atoms with Crippen molar-refractivity contribution in [3.63, 3.8) is 0 Å². The molecule has 1 amide bonds. The van der Waals surface area contributed by atoms with E-state index in [0.29, 0.717) is 23.7 Å². The van der Waals surface area contributed by atoms with Crippen LogP contribution in [0.1, 0.15) is 57.0 Å². The Bertz CT molecular complexity index is 1320. The first-order valence-corrected chi connectivity index (χ1v) is 11.6. The molecule has 3 heterocycles. The normalized spacial score (nSPS) is 17.3. The van der Waals surface area contributed by atoms with Crippen molar-refractivity contribution in [1.82, 2.24) is 19.7 Å². The third-order valence-electron chi connectivity index (χ3n) is 6.87. The van der Waals surface area contributed by atoms with E-state index in [4.69, 9.17) is 16.6 Å². The number of aromatic nitrogens is 3. The third-order valence-corrected chi connectivity index (χ3v) is 7.37. The fourth-order valence-corrected chi connectivity index (χ4v) is 5.51. The number of aliphatic hydroxyl groups is 1. The lowest BCUT2D eigenvalue weighted by atomic mass is 9.85. The number of rotatable bonds is 2. The van der Waals surface area contributed by atoms with Crippen molar-refractivity contribution >= 4 is 23.1 Å². The molecule has 3 aromatic rings. The number of hydrogen-bond acceptors (Lipinski definition) is 4. The molecule has 7 heteroatoms. The number of pyridine rings is 1. The average Bonchev–Trinajstić information content (AvgIpc) is 3.34. The Balaban J connectivity index is 1.81. The van der Waals surface area contributed by atoms with E-state index in [9.17, 15) is 9.90 Å². The number of carbonyl (C=O) groups is 1. The minimum absolute atomic E-state index is 0.0320. The second kappa shape index (κ2) is 8.12. The van der Waals surface area contributed by atoms with Gasteiger partial charge in [-0.15, -0.1) is 0 Å². The maximum Gasteiger partial charge on any atom is 0.254 e. The van der Waals surface area contributed by atoms with Crippen molar-refractivity contribution in [3.05, 3.63) is 74.8 Å². The molecule has 6 nitrogen and oxygen atoms in total. The van der Waals surface area contributed by atoms with Crippen LogP contribution in [0.2, 0.25) is 5.02 Å². The highest BCUT2D eigenvalue weighted by Crippen LogP contribution is 2.44. The first kappa shape index (κ1) is 21.9. The third kappa shape index (κ3) is 3.40. The minimum Gasteiger partial charge on any atom is -0.394 e. The second-order valence-corrected chi connectivity index (χ2v) is 9.35. The van der Waals surface area contributed by atoms with Crippen LogP contribution in [0.25, 0.3) is 16.7 Å². The van der Waals surface area contributed by atoms with Crippen LogP contribution >= 0.6 is 11.6 Å². The van der Waals surface area contributed by atoms with Crippen molar-refractivity contribution in [2.45, 2.75) is 46.2 Å². The van der Waals surface area contributed by atoms with E-state index in [1.54, 1.807) is 16.6 Å². The molecule has 0 unspecified atom stereocenters. The predicted molar refractivity (Wildman–Crippen MR) is 129 cm³/mol. The summed E-state index contributed by atoms with van der Waals surface area (Å²) in [5, 5.41) is 14.9. The molecule has 2 aliphatic rings. The summed E-state index contributed by atoms with van der Waals surface area (Å²) >= 11 is 6.83. The SMILES string of the molecule is Cc1ccc2c(c1Cl)[C@@H](C)C1=CCc3ncc(cc31)-c1c(C)nn(CCO)c1CN(C)C2=O. The highest BCUT2D eigenvalue weighted by Gasteiger charge is 2.31. The minimum atomic E-state index is -0.0831. The van der Waals surface area contributed by atoms with E-state index in [2.05, 4.69) is 24.2 Å². The summed E-state index contributed by atoms with van der Waals surface area (Å²) in [6.45, 7) is 6.74. The molecule has 0 radical (unpaired) electrons. The Morgan fingerprint density at radius 1 is 1.24 bits per heavy atom. The standard InChI is InChI=1S/C26H27ClN4O2/c1-14-5-6-19-23(25(14)27)15(2)18-7-8-21-20(18)11-17(12-28-21)24-16(3)29-31(9-10-32)22(24)13-30(4)26(19)33/h5-7,11-12,15,32H,8-10,13H2,1-4H3/t15-/m0/s1. The molecule has 2 aromatic heterocycles. The van der Waals surface area contributed by atoms with Gasteiger partial charge in [-0.2, -0.15) is 5.10 Å². The summed E-state index contributed by atoms with van der Waals surface area (Å²) < 4.78 is 1.80. The highest BCUT2D eigenvalue weighted by atomic mass is 35.5. The van der Waals surface area contributed by atoms with Crippen LogP contribution in [0.15, 0.2) is 30.5 Å². The van der Waals surface area contributed by atoms with Crippen molar-refractivity contribution in [2.24, 2.45) is 0 Å². The Morgan fingerprint density at radius 2 is 2.03 bits per heavy atom. The quantitative estimate of drug-likeness (QED) is 0.607. The van der Waals surface area contributed by atoms with Gasteiger partial charge in [-0.1, -0.05) is 30.7 Å². The first-order valence-electron chi connectivity index (χ1n) is 11.2. The lowest BCUT2D eigenvalue weighted by molar-refractivity contribution is 0.0780. The smallest absolute Gasteiger partial charge is 0.254 e. The number of allylic oxidation sites excluding steroid dienone is 2. The van der Waals surface area contributed by atoms with Gasteiger partial charge in [-0.25, -0.2) is 0 Å². The van der Waals surface area contributed by atoms with E-state index in [1.807, 2.05) is 32.2 Å². The summed E-state index contributed by atoms with van der Waals surface area (Å²) in [5.41, 5.74) is 9.40. The van der Waals surface area contributed by atoms with Crippen LogP contribution in [0.5, 0.6) is 0 Å². The molecule has 1 aliphatic heterocycles. The van der Waals surface area contributed by atoms with Gasteiger partial charge in [-0.05, 0) is 42.7 Å². The molecule has 0 saturated heterocycles. The molecule has 0 spiro atoms. The van der Waals surface area contributed by atoms with E-state index >= 15 is 0 Å². The van der Waals surface area contributed by atoms with Gasteiger partial charge in [0.15, 0.2) is 0 Å². The number of fused-ring (bicyclic) bond motifs is 4. The Hall–Kier alpha value is -2.96. The lowest BCUT2D eigenvalue weighted by Gasteiger charge is -2.26. The monoisotopic (exact) mass is 462 g/mol. The maximum absolute atomic E-state index is 13.7. The topological polar surface area (TPSA) is 71.2 Å². The van der Waals surface area contributed by atoms with Crippen LogP contribution < -0.4 is 0 Å². The van der Waals surface area contributed by atoms with E-state index in [0.717, 1.165) is 56.9 Å². The van der Waals surface area contributed by atoms with Crippen LogP contribution in [0.3, 0.4) is 0 Å². The number of amides is 1. The average molecular weight is 463 g/mol. The number of hydrogen-bond donors (Lipinski definition) is 1. The summed E-state index contributed by atoms with van der Waals surface area (Å²) in [4.78, 5) is 20.2. The molecule has 1 aromatic carbocycles. The van der Waals surface area contributed by atoms with Crippen LogP contribution in [0, 0.1) is 13.8 Å². The fraction of sp³-hybridized carbons (Fsp3) is 0.346. The molecule has 5 rings (SSSR count). The highest BCUT2D eigenvalue weighted by molar-refractivity contribution is 6.33. The zero-order valence-electron chi connectivity index (χ0n) is 19.3. The van der Waals surface area contributed by atoms with Gasteiger partial charge < -0.3 is 10.0 Å². The largest absolute Gasteiger partial charge is 0.394 e. The summed E-state index contributed by atoms with van der Waals surface area (Å²) in [7, 11) is 1.80. The fourth-order valence-electron chi connectivity index (χ4n) is 5.18. The number of aryl methyl sites for hydroxylation is 2. The number of nitrogens with zero attached hydrogens (tertiary/aromatic N) is 4. The lowest BCUT2D eigenvalue weighted by Crippen LogP contribution is -2.29. The van der Waals surface area contributed by atoms with E-state index < -0.39 is 0 Å². The van der Waals surface area contributed by atoms with Gasteiger partial charge in [-0.3, -0.25) is 14.5 Å². The van der Waals surface area contributed by atoms with Gasteiger partial charge in [0.2, 0.25) is 0 Å². The number of halogens is 1. The molecular weight excluding hydrogens is 436 g/mol. The number of aliphatic hydroxyl groups excluding tert-OH is 1. The maximum atomic E-state index is 13.7. The number of carbonyl (C=O) groups excluding carboxylic acids is 1. The van der Waals surface area contributed by atoms with Gasteiger partial charge in [0, 0.05) is 52.9 Å². The number of benzene rings is 1. The van der Waals surface area contributed by atoms with Crippen molar-refractivity contribution in [2.75, 3.05) is 13.7 Å². The van der Waals surface area contributed by atoms with E-state index in [-0.39, 0.29) is 18.4 Å². The van der Waals surface area contributed by atoms with Gasteiger partial charge in [0.1, 0.15) is 0 Å². The van der Waals surface area contributed by atoms with Crippen molar-refractivity contribution in [3.8, 4) is 11.1 Å². The molecule has 170 valence electrons. The second-order valence-electron chi connectivity index (χ2n) is 8.98.